The van der Waals surface area contributed by atoms with Crippen molar-refractivity contribution in [3.8, 4) is 0 Å². The minimum Gasteiger partial charge on any atom is -0.326 e. The van der Waals surface area contributed by atoms with Crippen LogP contribution in [-0.2, 0) is 11.2 Å². The molecular formula is C21H26N2O. The van der Waals surface area contributed by atoms with Crippen LogP contribution in [0.4, 0.5) is 0 Å². The van der Waals surface area contributed by atoms with Crippen LogP contribution in [0.15, 0.2) is 60.7 Å². The molecule has 0 spiro atoms. The number of benzene rings is 2. The third-order valence-corrected chi connectivity index (χ3v) is 4.81. The van der Waals surface area contributed by atoms with E-state index in [1.165, 1.54) is 24.0 Å². The second kappa shape index (κ2) is 8.11. The van der Waals surface area contributed by atoms with Crippen LogP contribution in [0, 0.1) is 0 Å². The number of aryl methyl sites for hydroxylation is 1. The van der Waals surface area contributed by atoms with Crippen LogP contribution in [0.3, 0.4) is 0 Å². The molecule has 0 aliphatic carbocycles. The number of carbonyl (C=O) groups excluding carboxylic acids is 1. The molecular weight excluding hydrogens is 296 g/mol. The Bertz CT molecular complexity index is 635. The summed E-state index contributed by atoms with van der Waals surface area (Å²) in [7, 11) is 1.95. The van der Waals surface area contributed by atoms with Crippen molar-refractivity contribution >= 4 is 5.91 Å². The lowest BCUT2D eigenvalue weighted by Crippen LogP contribution is -2.41. The minimum absolute atomic E-state index is 0.0528. The van der Waals surface area contributed by atoms with Gasteiger partial charge in [-0.3, -0.25) is 9.69 Å². The van der Waals surface area contributed by atoms with Gasteiger partial charge in [0.05, 0.1) is 0 Å². The SMILES string of the molecule is CN(C(=O)CCc1ccccc1)[C@@H](c1ccccc1)N1CCCC1. The Morgan fingerprint density at radius 3 is 2.21 bits per heavy atom. The molecule has 1 atom stereocenters. The fourth-order valence-corrected chi connectivity index (χ4v) is 3.50. The van der Waals surface area contributed by atoms with Crippen molar-refractivity contribution in [1.29, 1.82) is 0 Å². The van der Waals surface area contributed by atoms with E-state index in [1.54, 1.807) is 0 Å². The smallest absolute Gasteiger partial charge is 0.224 e. The molecule has 2 aromatic carbocycles. The van der Waals surface area contributed by atoms with Crippen LogP contribution in [0.5, 0.6) is 0 Å². The maximum absolute atomic E-state index is 12.8. The summed E-state index contributed by atoms with van der Waals surface area (Å²) in [6, 6.07) is 20.6. The molecule has 0 N–H and O–H groups in total. The summed E-state index contributed by atoms with van der Waals surface area (Å²) in [5, 5.41) is 0. The van der Waals surface area contributed by atoms with Gasteiger partial charge < -0.3 is 4.90 Å². The van der Waals surface area contributed by atoms with Gasteiger partial charge in [0.2, 0.25) is 5.91 Å². The van der Waals surface area contributed by atoms with Crippen LogP contribution in [0.25, 0.3) is 0 Å². The molecule has 3 heteroatoms. The van der Waals surface area contributed by atoms with Gasteiger partial charge in [0.25, 0.3) is 0 Å². The highest BCUT2D eigenvalue weighted by atomic mass is 16.2. The van der Waals surface area contributed by atoms with Gasteiger partial charge >= 0.3 is 0 Å². The van der Waals surface area contributed by atoms with Crippen molar-refractivity contribution in [1.82, 2.24) is 9.80 Å². The Kier molecular flexibility index (Phi) is 5.65. The third kappa shape index (κ3) is 4.04. The van der Waals surface area contributed by atoms with Gasteiger partial charge in [0.15, 0.2) is 0 Å². The quantitative estimate of drug-likeness (QED) is 0.806. The molecule has 0 aromatic heterocycles. The topological polar surface area (TPSA) is 23.6 Å². The first-order valence-electron chi connectivity index (χ1n) is 8.84. The van der Waals surface area contributed by atoms with E-state index in [1.807, 2.05) is 36.2 Å². The number of nitrogens with zero attached hydrogens (tertiary/aromatic N) is 2. The van der Waals surface area contributed by atoms with Crippen LogP contribution in [0.2, 0.25) is 0 Å². The van der Waals surface area contributed by atoms with Crippen molar-refractivity contribution in [2.75, 3.05) is 20.1 Å². The van der Waals surface area contributed by atoms with Gasteiger partial charge in [-0.05, 0) is 30.4 Å². The molecule has 0 saturated carbocycles. The van der Waals surface area contributed by atoms with E-state index in [-0.39, 0.29) is 12.1 Å². The number of hydrogen-bond acceptors (Lipinski definition) is 2. The number of likely N-dealkylation sites (tertiary alicyclic amines) is 1. The second-order valence-electron chi connectivity index (χ2n) is 6.52. The summed E-state index contributed by atoms with van der Waals surface area (Å²) in [5.41, 5.74) is 2.42. The summed E-state index contributed by atoms with van der Waals surface area (Å²) in [6.07, 6.45) is 3.84. The molecule has 2 aromatic rings. The summed E-state index contributed by atoms with van der Waals surface area (Å²) >= 11 is 0. The molecule has 1 heterocycles. The standard InChI is InChI=1S/C21H26N2O/c1-22(20(24)15-14-18-10-4-2-5-11-18)21(23-16-8-9-17-23)19-12-6-3-7-13-19/h2-7,10-13,21H,8-9,14-17H2,1H3/t21-/m1/s1. The molecule has 24 heavy (non-hydrogen) atoms. The van der Waals surface area contributed by atoms with Crippen molar-refractivity contribution in [2.45, 2.75) is 31.8 Å². The van der Waals surface area contributed by atoms with E-state index in [9.17, 15) is 4.79 Å². The van der Waals surface area contributed by atoms with Gasteiger partial charge in [-0.1, -0.05) is 60.7 Å². The lowest BCUT2D eigenvalue weighted by molar-refractivity contribution is -0.135. The highest BCUT2D eigenvalue weighted by Crippen LogP contribution is 2.28. The Morgan fingerprint density at radius 2 is 1.58 bits per heavy atom. The van der Waals surface area contributed by atoms with Gasteiger partial charge in [-0.25, -0.2) is 0 Å². The van der Waals surface area contributed by atoms with Crippen LogP contribution in [-0.4, -0.2) is 35.8 Å². The molecule has 0 bridgehead atoms. The van der Waals surface area contributed by atoms with Gasteiger partial charge in [-0.15, -0.1) is 0 Å². The Morgan fingerprint density at radius 1 is 1.00 bits per heavy atom. The molecule has 1 aliphatic rings. The molecule has 0 radical (unpaired) electrons. The van der Waals surface area contributed by atoms with Gasteiger partial charge in [-0.2, -0.15) is 0 Å². The van der Waals surface area contributed by atoms with E-state index < -0.39 is 0 Å². The monoisotopic (exact) mass is 322 g/mol. The number of rotatable bonds is 6. The zero-order chi connectivity index (χ0) is 16.8. The average molecular weight is 322 g/mol. The van der Waals surface area contributed by atoms with E-state index in [0.29, 0.717) is 6.42 Å². The highest BCUT2D eigenvalue weighted by molar-refractivity contribution is 5.76. The van der Waals surface area contributed by atoms with E-state index in [2.05, 4.69) is 41.3 Å². The van der Waals surface area contributed by atoms with Crippen molar-refractivity contribution in [3.05, 3.63) is 71.8 Å². The van der Waals surface area contributed by atoms with Crippen molar-refractivity contribution in [2.24, 2.45) is 0 Å². The predicted molar refractivity (Wildman–Crippen MR) is 97.5 cm³/mol. The summed E-state index contributed by atoms with van der Waals surface area (Å²) in [4.78, 5) is 17.1. The molecule has 3 rings (SSSR count). The first-order chi connectivity index (χ1) is 11.8. The van der Waals surface area contributed by atoms with Crippen LogP contribution in [0.1, 0.15) is 36.6 Å². The fourth-order valence-electron chi connectivity index (χ4n) is 3.50. The maximum Gasteiger partial charge on any atom is 0.224 e. The predicted octanol–water partition coefficient (Wildman–Crippen LogP) is 3.87. The lowest BCUT2D eigenvalue weighted by Gasteiger charge is -2.36. The Hall–Kier alpha value is -2.13. The molecule has 1 aliphatic heterocycles. The first-order valence-corrected chi connectivity index (χ1v) is 8.84. The zero-order valence-electron chi connectivity index (χ0n) is 14.4. The number of carbonyl (C=O) groups is 1. The first kappa shape index (κ1) is 16.7. The van der Waals surface area contributed by atoms with E-state index in [0.717, 1.165) is 19.5 Å². The molecule has 126 valence electrons. The number of amides is 1. The second-order valence-corrected chi connectivity index (χ2v) is 6.52. The van der Waals surface area contributed by atoms with Crippen LogP contribution < -0.4 is 0 Å². The zero-order valence-corrected chi connectivity index (χ0v) is 14.4. The van der Waals surface area contributed by atoms with E-state index >= 15 is 0 Å². The summed E-state index contributed by atoms with van der Waals surface area (Å²) < 4.78 is 0. The van der Waals surface area contributed by atoms with E-state index in [4.69, 9.17) is 0 Å². The summed E-state index contributed by atoms with van der Waals surface area (Å²) in [6.45, 7) is 2.13. The average Bonchev–Trinajstić information content (AvgIpc) is 3.16. The third-order valence-electron chi connectivity index (χ3n) is 4.81. The van der Waals surface area contributed by atoms with Crippen molar-refractivity contribution in [3.63, 3.8) is 0 Å². The van der Waals surface area contributed by atoms with Crippen molar-refractivity contribution < 1.29 is 4.79 Å². The lowest BCUT2D eigenvalue weighted by atomic mass is 10.1. The molecule has 1 saturated heterocycles. The highest BCUT2D eigenvalue weighted by Gasteiger charge is 2.29. The largest absolute Gasteiger partial charge is 0.326 e. The Balaban J connectivity index is 1.70. The molecule has 1 fully saturated rings. The number of hydrogen-bond donors (Lipinski definition) is 0. The van der Waals surface area contributed by atoms with Gasteiger partial charge in [0.1, 0.15) is 6.17 Å². The normalized spacial score (nSPS) is 16.0. The minimum atomic E-state index is 0.0528. The maximum atomic E-state index is 12.8. The molecule has 0 unspecified atom stereocenters. The Labute approximate surface area is 144 Å². The summed E-state index contributed by atoms with van der Waals surface area (Å²) in [5.74, 6) is 0.208. The van der Waals surface area contributed by atoms with Gasteiger partial charge in [0, 0.05) is 26.6 Å². The molecule has 3 nitrogen and oxygen atoms in total. The fraction of sp³-hybridized carbons (Fsp3) is 0.381. The molecule has 1 amide bonds. The van der Waals surface area contributed by atoms with Crippen LogP contribution >= 0.6 is 0 Å².